The minimum Gasteiger partial charge on any atom is -0.465 e. The van der Waals surface area contributed by atoms with Gasteiger partial charge in [-0.1, -0.05) is 12.1 Å². The van der Waals surface area contributed by atoms with Crippen molar-refractivity contribution in [3.8, 4) is 0 Å². The molecular formula is C11H10ClF3O2S. The summed E-state index contributed by atoms with van der Waals surface area (Å²) < 4.78 is 41.0. The summed E-state index contributed by atoms with van der Waals surface area (Å²) in [6.07, 6.45) is 0. The van der Waals surface area contributed by atoms with E-state index in [-0.39, 0.29) is 23.3 Å². The average molecular weight is 299 g/mol. The minimum absolute atomic E-state index is 0.0407. The Bertz CT molecular complexity index is 406. The van der Waals surface area contributed by atoms with Crippen LogP contribution in [0.5, 0.6) is 0 Å². The molecule has 0 heterocycles. The molecule has 0 aromatic heterocycles. The molecule has 0 aliphatic carbocycles. The second-order valence-corrected chi connectivity index (χ2v) is 4.81. The summed E-state index contributed by atoms with van der Waals surface area (Å²) in [6.45, 7) is 1.84. The van der Waals surface area contributed by atoms with Crippen LogP contribution in [-0.4, -0.2) is 18.1 Å². The highest BCUT2D eigenvalue weighted by molar-refractivity contribution is 8.00. The maximum atomic E-state index is 12.1. The normalized spacial score (nSPS) is 13.2. The van der Waals surface area contributed by atoms with Crippen molar-refractivity contribution in [2.24, 2.45) is 0 Å². The van der Waals surface area contributed by atoms with E-state index < -0.39 is 16.9 Å². The number of rotatable bonds is 4. The number of carbonyl (C=O) groups is 1. The molecule has 1 aromatic rings. The minimum atomic E-state index is -4.33. The predicted octanol–water partition coefficient (Wildman–Crippen LogP) is 4.14. The van der Waals surface area contributed by atoms with Crippen LogP contribution in [0.25, 0.3) is 0 Å². The van der Waals surface area contributed by atoms with Crippen LogP contribution in [0, 0.1) is 0 Å². The van der Waals surface area contributed by atoms with Gasteiger partial charge >= 0.3 is 11.5 Å². The summed E-state index contributed by atoms with van der Waals surface area (Å²) >= 11 is 5.60. The molecule has 1 atom stereocenters. The lowest BCUT2D eigenvalue weighted by Crippen LogP contribution is -2.11. The van der Waals surface area contributed by atoms with E-state index in [2.05, 4.69) is 0 Å². The SMILES string of the molecule is CCOC(=O)C(Cl)c1ccc(SC(F)(F)F)cc1. The van der Waals surface area contributed by atoms with Gasteiger partial charge < -0.3 is 4.74 Å². The molecular weight excluding hydrogens is 289 g/mol. The van der Waals surface area contributed by atoms with E-state index in [1.807, 2.05) is 0 Å². The second kappa shape index (κ2) is 6.33. The maximum absolute atomic E-state index is 12.1. The van der Waals surface area contributed by atoms with Crippen LogP contribution in [0.3, 0.4) is 0 Å². The van der Waals surface area contributed by atoms with E-state index in [0.717, 1.165) is 0 Å². The van der Waals surface area contributed by atoms with Crippen LogP contribution in [0.1, 0.15) is 17.9 Å². The Balaban J connectivity index is 2.73. The monoisotopic (exact) mass is 298 g/mol. The van der Waals surface area contributed by atoms with E-state index in [1.54, 1.807) is 6.92 Å². The molecule has 1 aromatic carbocycles. The Hall–Kier alpha value is -0.880. The fraction of sp³-hybridized carbons (Fsp3) is 0.364. The van der Waals surface area contributed by atoms with Crippen LogP contribution in [0.15, 0.2) is 29.2 Å². The number of esters is 1. The Labute approximate surface area is 111 Å². The quantitative estimate of drug-likeness (QED) is 0.475. The van der Waals surface area contributed by atoms with Gasteiger partial charge in [0.1, 0.15) is 0 Å². The van der Waals surface area contributed by atoms with E-state index in [0.29, 0.717) is 5.56 Å². The van der Waals surface area contributed by atoms with Gasteiger partial charge in [-0.2, -0.15) is 13.2 Å². The van der Waals surface area contributed by atoms with Crippen LogP contribution in [0.4, 0.5) is 13.2 Å². The van der Waals surface area contributed by atoms with Crippen molar-refractivity contribution in [3.05, 3.63) is 29.8 Å². The van der Waals surface area contributed by atoms with Crippen molar-refractivity contribution in [1.29, 1.82) is 0 Å². The second-order valence-electron chi connectivity index (χ2n) is 3.23. The topological polar surface area (TPSA) is 26.3 Å². The molecule has 2 nitrogen and oxygen atoms in total. The van der Waals surface area contributed by atoms with Crippen molar-refractivity contribution in [2.45, 2.75) is 22.7 Å². The van der Waals surface area contributed by atoms with Gasteiger partial charge in [-0.15, -0.1) is 11.6 Å². The van der Waals surface area contributed by atoms with Crippen LogP contribution < -0.4 is 0 Å². The van der Waals surface area contributed by atoms with Crippen molar-refractivity contribution < 1.29 is 22.7 Å². The molecule has 0 aliphatic heterocycles. The lowest BCUT2D eigenvalue weighted by Gasteiger charge is -2.10. The Morgan fingerprint density at radius 3 is 2.39 bits per heavy atom. The lowest BCUT2D eigenvalue weighted by molar-refractivity contribution is -0.142. The van der Waals surface area contributed by atoms with E-state index in [9.17, 15) is 18.0 Å². The number of ether oxygens (including phenoxy) is 1. The number of hydrogen-bond acceptors (Lipinski definition) is 3. The maximum Gasteiger partial charge on any atom is 0.446 e. The zero-order valence-electron chi connectivity index (χ0n) is 9.33. The average Bonchev–Trinajstić information content (AvgIpc) is 2.27. The fourth-order valence-electron chi connectivity index (χ4n) is 1.19. The molecule has 0 radical (unpaired) electrons. The van der Waals surface area contributed by atoms with Crippen molar-refractivity contribution >= 4 is 29.3 Å². The van der Waals surface area contributed by atoms with Gasteiger partial charge in [-0.25, -0.2) is 0 Å². The third kappa shape index (κ3) is 4.78. The van der Waals surface area contributed by atoms with Gasteiger partial charge in [0.2, 0.25) is 0 Å². The predicted molar refractivity (Wildman–Crippen MR) is 63.6 cm³/mol. The number of halogens is 4. The number of carbonyl (C=O) groups excluding carboxylic acids is 1. The van der Waals surface area contributed by atoms with E-state index >= 15 is 0 Å². The number of hydrogen-bond donors (Lipinski definition) is 0. The molecule has 0 bridgehead atoms. The molecule has 0 fully saturated rings. The smallest absolute Gasteiger partial charge is 0.446 e. The van der Waals surface area contributed by atoms with Crippen molar-refractivity contribution in [1.82, 2.24) is 0 Å². The molecule has 100 valence electrons. The highest BCUT2D eigenvalue weighted by Crippen LogP contribution is 2.37. The van der Waals surface area contributed by atoms with Crippen molar-refractivity contribution in [2.75, 3.05) is 6.61 Å². The number of alkyl halides is 4. The number of thioether (sulfide) groups is 1. The van der Waals surface area contributed by atoms with Crippen LogP contribution in [-0.2, 0) is 9.53 Å². The number of benzene rings is 1. The first-order valence-corrected chi connectivity index (χ1v) is 6.25. The highest BCUT2D eigenvalue weighted by atomic mass is 35.5. The Kier molecular flexibility index (Phi) is 5.34. The standard InChI is InChI=1S/C11H10ClF3O2S/c1-2-17-10(16)9(12)7-3-5-8(6-4-7)18-11(13,14)15/h3-6,9H,2H2,1H3. The third-order valence-corrected chi connectivity index (χ3v) is 3.07. The molecule has 0 amide bonds. The van der Waals surface area contributed by atoms with Crippen molar-refractivity contribution in [3.63, 3.8) is 0 Å². The molecule has 0 spiro atoms. The molecule has 18 heavy (non-hydrogen) atoms. The molecule has 0 aliphatic rings. The van der Waals surface area contributed by atoms with E-state index in [4.69, 9.17) is 16.3 Å². The first-order valence-electron chi connectivity index (χ1n) is 5.00. The third-order valence-electron chi connectivity index (χ3n) is 1.90. The molecule has 0 saturated carbocycles. The summed E-state index contributed by atoms with van der Waals surface area (Å²) in [5, 5.41) is -1.00. The summed E-state index contributed by atoms with van der Waals surface area (Å²) in [5.41, 5.74) is -3.93. The summed E-state index contributed by atoms with van der Waals surface area (Å²) in [5.74, 6) is -0.615. The van der Waals surface area contributed by atoms with Crippen LogP contribution >= 0.6 is 23.4 Å². The van der Waals surface area contributed by atoms with Gasteiger partial charge in [0.25, 0.3) is 0 Å². The summed E-state index contributed by atoms with van der Waals surface area (Å²) in [6, 6.07) is 5.29. The largest absolute Gasteiger partial charge is 0.465 e. The van der Waals surface area contributed by atoms with Gasteiger partial charge in [-0.3, -0.25) is 4.79 Å². The first kappa shape index (κ1) is 15.2. The Morgan fingerprint density at radius 2 is 1.94 bits per heavy atom. The van der Waals surface area contributed by atoms with Crippen LogP contribution in [0.2, 0.25) is 0 Å². The highest BCUT2D eigenvalue weighted by Gasteiger charge is 2.29. The first-order chi connectivity index (χ1) is 8.33. The zero-order chi connectivity index (χ0) is 13.8. The Morgan fingerprint density at radius 1 is 1.39 bits per heavy atom. The molecule has 1 rings (SSSR count). The molecule has 0 saturated heterocycles. The zero-order valence-corrected chi connectivity index (χ0v) is 10.9. The molecule has 1 unspecified atom stereocenters. The molecule has 0 N–H and O–H groups in total. The summed E-state index contributed by atoms with van der Waals surface area (Å²) in [4.78, 5) is 11.4. The van der Waals surface area contributed by atoms with Gasteiger partial charge in [0.05, 0.1) is 6.61 Å². The van der Waals surface area contributed by atoms with Gasteiger partial charge in [-0.05, 0) is 36.4 Å². The lowest BCUT2D eigenvalue weighted by atomic mass is 10.1. The van der Waals surface area contributed by atoms with E-state index in [1.165, 1.54) is 24.3 Å². The molecule has 7 heteroatoms. The fourth-order valence-corrected chi connectivity index (χ4v) is 1.94. The summed E-state index contributed by atoms with van der Waals surface area (Å²) in [7, 11) is 0. The van der Waals surface area contributed by atoms with Gasteiger partial charge in [0.15, 0.2) is 5.38 Å². The van der Waals surface area contributed by atoms with Gasteiger partial charge in [0, 0.05) is 4.90 Å².